The lowest BCUT2D eigenvalue weighted by molar-refractivity contribution is -0.137. The summed E-state index contributed by atoms with van der Waals surface area (Å²) in [5, 5.41) is 50.9. The summed E-state index contributed by atoms with van der Waals surface area (Å²) in [4.78, 5) is 78.8. The molecule has 0 unspecified atom stereocenters. The van der Waals surface area contributed by atoms with E-state index in [0.717, 1.165) is 33.4 Å². The first-order valence-corrected chi connectivity index (χ1v) is 30.2. The molecule has 26 heteroatoms. The number of nitrogens with one attached hydrogen (secondary N) is 3. The molecule has 0 spiro atoms. The van der Waals surface area contributed by atoms with Crippen LogP contribution >= 0.6 is 69.6 Å². The summed E-state index contributed by atoms with van der Waals surface area (Å²) in [6.45, 7) is 0.976. The van der Waals surface area contributed by atoms with E-state index in [1.165, 1.54) is 72.7 Å². The van der Waals surface area contributed by atoms with E-state index in [0.29, 0.717) is 104 Å². The molecular formula is C66H58Cl6F3N7O10. The molecule has 5 aromatic carbocycles. The topological polar surface area (TPSA) is 247 Å². The van der Waals surface area contributed by atoms with E-state index in [2.05, 4.69) is 20.9 Å². The van der Waals surface area contributed by atoms with Crippen LogP contribution in [-0.4, -0.2) is 76.5 Å². The highest BCUT2D eigenvalue weighted by molar-refractivity contribution is 6.43. The first-order valence-electron chi connectivity index (χ1n) is 28.0. The number of pyridine rings is 4. The van der Waals surface area contributed by atoms with Crippen LogP contribution in [0.5, 0.6) is 23.0 Å². The zero-order valence-electron chi connectivity index (χ0n) is 49.1. The van der Waals surface area contributed by atoms with Crippen molar-refractivity contribution in [1.82, 2.24) is 34.6 Å². The molecule has 0 aliphatic carbocycles. The number of benzene rings is 5. The van der Waals surface area contributed by atoms with Gasteiger partial charge in [-0.2, -0.15) is 13.2 Å². The fourth-order valence-corrected chi connectivity index (χ4v) is 10.2. The largest absolute Gasteiger partial charge is 0.508 e. The van der Waals surface area contributed by atoms with Crippen LogP contribution in [0.15, 0.2) is 160 Å². The number of hydrogen-bond donors (Lipinski definition) is 7. The number of carbonyl (C=O) groups is 3. The molecule has 92 heavy (non-hydrogen) atoms. The summed E-state index contributed by atoms with van der Waals surface area (Å²) in [7, 11) is 4.40. The van der Waals surface area contributed by atoms with E-state index >= 15 is 0 Å². The first kappa shape index (κ1) is 70.7. The maximum atomic E-state index is 12.8. The number of nitrogens with zero attached hydrogens (tertiary/aromatic N) is 4. The summed E-state index contributed by atoms with van der Waals surface area (Å²) in [5.41, 5.74) is 2.28. The minimum atomic E-state index is -4.50. The van der Waals surface area contributed by atoms with Gasteiger partial charge in [-0.15, -0.1) is 0 Å². The van der Waals surface area contributed by atoms with E-state index in [4.69, 9.17) is 69.6 Å². The fraction of sp³-hybridized carbons (Fsp3) is 0.197. The molecule has 0 radical (unpaired) electrons. The summed E-state index contributed by atoms with van der Waals surface area (Å²) in [6.07, 6.45) is 2.53. The van der Waals surface area contributed by atoms with Crippen LogP contribution in [0, 0.1) is 0 Å². The highest BCUT2D eigenvalue weighted by Gasteiger charge is 2.30. The van der Waals surface area contributed by atoms with Gasteiger partial charge in [-0.25, -0.2) is 0 Å². The molecule has 0 aliphatic rings. The molecule has 480 valence electrons. The average Bonchev–Trinajstić information content (AvgIpc) is 0.812. The Kier molecular flexibility index (Phi) is 24.6. The molecule has 3 amide bonds. The van der Waals surface area contributed by atoms with Gasteiger partial charge < -0.3 is 50.1 Å². The van der Waals surface area contributed by atoms with Crippen molar-refractivity contribution in [3.63, 3.8) is 0 Å². The van der Waals surface area contributed by atoms with Gasteiger partial charge in [-0.1, -0.05) is 99.9 Å². The van der Waals surface area contributed by atoms with Crippen LogP contribution in [0.3, 0.4) is 0 Å². The number of hydrogen-bond acceptors (Lipinski definition) is 11. The standard InChI is InChI=1S/C23H19Cl2F3N2O3.C22H20Cl2N2O4.C21H19Cl2N3O3/c1-30-19(14-5-7-15(8-6-14)23(26,27)28)12-16(20(31)22(30)33)21(32)29-10-2-3-13-4-9-17(24)18(25)11-13;1-26-19(14-5-7-15(27)8-6-14)12-16(20(28)22(26)30)21(29)25-10-2-3-13-4-9-17(23)18(24)11-13;1-26-18(14-6-9-24-10-7-14)12-15(19(27)21(26)29)20(28)25-8-2-3-13-4-5-16(22)17(23)11-13/h4-9,11-12,31H,2-3,10H2,1H3,(H,29,32);4-9,11-12,27-28H,2-3,10H2,1H3,(H,25,29);4-7,9-12,27H,2-3,8H2,1H3,(H,25,28). The molecule has 0 bridgehead atoms. The molecule has 9 aromatic rings. The Morgan fingerprint density at radius 3 is 1.01 bits per heavy atom. The molecule has 0 atom stereocenters. The second-order valence-corrected chi connectivity index (χ2v) is 23.1. The molecule has 4 aromatic heterocycles. The molecule has 0 saturated carbocycles. The number of phenols is 1. The molecule has 7 N–H and O–H groups in total. The van der Waals surface area contributed by atoms with E-state index in [9.17, 15) is 62.4 Å². The SMILES string of the molecule is Cn1c(-c2ccc(C(F)(F)F)cc2)cc(C(=O)NCCCc2ccc(Cl)c(Cl)c2)c(O)c1=O.Cn1c(-c2ccc(O)cc2)cc(C(=O)NCCCc2ccc(Cl)c(Cl)c2)c(O)c1=O.Cn1c(-c2ccncc2)cc(C(=O)NCCCc2ccc(Cl)c(Cl)c2)c(O)c1=O. The summed E-state index contributed by atoms with van der Waals surface area (Å²) in [5.74, 6) is -3.57. The third-order valence-corrected chi connectivity index (χ3v) is 16.5. The monoisotopic (exact) mass is 1380 g/mol. The number of aromatic hydroxyl groups is 4. The molecular weight excluding hydrogens is 1320 g/mol. The van der Waals surface area contributed by atoms with Crippen LogP contribution in [0.4, 0.5) is 13.2 Å². The number of aryl methyl sites for hydroxylation is 3. The minimum absolute atomic E-state index is 0.0607. The Labute approximate surface area is 554 Å². The smallest absolute Gasteiger partial charge is 0.416 e. The number of halogens is 9. The number of aromatic nitrogens is 4. The quantitative estimate of drug-likeness (QED) is 0.0398. The third-order valence-electron chi connectivity index (χ3n) is 14.3. The molecule has 0 aliphatic heterocycles. The van der Waals surface area contributed by atoms with Gasteiger partial charge in [-0.05, 0) is 169 Å². The van der Waals surface area contributed by atoms with Gasteiger partial charge in [-0.3, -0.25) is 33.8 Å². The molecule has 0 saturated heterocycles. The van der Waals surface area contributed by atoms with Crippen molar-refractivity contribution in [3.05, 3.63) is 246 Å². The average molecular weight is 1380 g/mol. The van der Waals surface area contributed by atoms with Gasteiger partial charge >= 0.3 is 6.18 Å². The van der Waals surface area contributed by atoms with Crippen LogP contribution < -0.4 is 32.6 Å². The predicted molar refractivity (Wildman–Crippen MR) is 352 cm³/mol. The van der Waals surface area contributed by atoms with E-state index in [1.807, 2.05) is 18.2 Å². The number of carbonyl (C=O) groups excluding carboxylic acids is 3. The predicted octanol–water partition coefficient (Wildman–Crippen LogP) is 13.4. The normalized spacial score (nSPS) is 11.0. The van der Waals surface area contributed by atoms with Gasteiger partial charge in [0, 0.05) is 58.7 Å². The Morgan fingerprint density at radius 2 is 0.717 bits per heavy atom. The van der Waals surface area contributed by atoms with Crippen LogP contribution in [0.25, 0.3) is 33.8 Å². The van der Waals surface area contributed by atoms with Crippen molar-refractivity contribution in [2.75, 3.05) is 19.6 Å². The van der Waals surface area contributed by atoms with E-state index < -0.39 is 63.4 Å². The second kappa shape index (κ2) is 32.0. The highest BCUT2D eigenvalue weighted by Crippen LogP contribution is 2.33. The van der Waals surface area contributed by atoms with E-state index in [-0.39, 0.29) is 40.2 Å². The van der Waals surface area contributed by atoms with E-state index in [1.54, 1.807) is 73.1 Å². The number of phenolic OH excluding ortho intramolecular Hbond substituents is 1. The van der Waals surface area contributed by atoms with Crippen molar-refractivity contribution < 1.29 is 48.0 Å². The lowest BCUT2D eigenvalue weighted by Crippen LogP contribution is -2.28. The van der Waals surface area contributed by atoms with Crippen molar-refractivity contribution in [2.24, 2.45) is 21.1 Å². The Morgan fingerprint density at radius 1 is 0.424 bits per heavy atom. The Hall–Kier alpha value is -8.76. The van der Waals surface area contributed by atoms with Crippen LogP contribution in [0.2, 0.25) is 30.1 Å². The van der Waals surface area contributed by atoms with Gasteiger partial charge in [0.2, 0.25) is 0 Å². The Balaban J connectivity index is 0.000000196. The lowest BCUT2D eigenvalue weighted by Gasteiger charge is -2.14. The third kappa shape index (κ3) is 18.3. The van der Waals surface area contributed by atoms with Gasteiger partial charge in [0.1, 0.15) is 5.75 Å². The van der Waals surface area contributed by atoms with Crippen LogP contribution in [-0.2, 0) is 46.6 Å². The van der Waals surface area contributed by atoms with Crippen molar-refractivity contribution in [3.8, 4) is 56.8 Å². The van der Waals surface area contributed by atoms with Crippen molar-refractivity contribution >= 4 is 87.3 Å². The molecule has 9 rings (SSSR count). The maximum absolute atomic E-state index is 12.8. The minimum Gasteiger partial charge on any atom is -0.508 e. The van der Waals surface area contributed by atoms with Gasteiger partial charge in [0.15, 0.2) is 17.2 Å². The summed E-state index contributed by atoms with van der Waals surface area (Å²) in [6, 6.07) is 34.1. The first-order chi connectivity index (χ1) is 43.6. The number of rotatable bonds is 18. The van der Waals surface area contributed by atoms with Gasteiger partial charge in [0.25, 0.3) is 34.4 Å². The van der Waals surface area contributed by atoms with Gasteiger partial charge in [0.05, 0.1) is 69.5 Å². The Bertz CT molecular complexity index is 4360. The number of amides is 3. The van der Waals surface area contributed by atoms with Crippen LogP contribution in [0.1, 0.15) is 72.6 Å². The lowest BCUT2D eigenvalue weighted by atomic mass is 10.0. The molecule has 17 nitrogen and oxygen atoms in total. The zero-order chi connectivity index (χ0) is 67.1. The van der Waals surface area contributed by atoms with Crippen molar-refractivity contribution in [1.29, 1.82) is 0 Å². The summed E-state index contributed by atoms with van der Waals surface area (Å²) >= 11 is 35.7. The maximum Gasteiger partial charge on any atom is 0.416 e. The zero-order valence-corrected chi connectivity index (χ0v) is 53.7. The fourth-order valence-electron chi connectivity index (χ4n) is 9.25. The summed E-state index contributed by atoms with van der Waals surface area (Å²) < 4.78 is 42.1. The molecule has 0 fully saturated rings. The molecule has 4 heterocycles. The highest BCUT2D eigenvalue weighted by atomic mass is 35.5. The second-order valence-electron chi connectivity index (χ2n) is 20.6. The number of alkyl halides is 3. The van der Waals surface area contributed by atoms with Crippen molar-refractivity contribution in [2.45, 2.75) is 44.7 Å².